The van der Waals surface area contributed by atoms with Crippen molar-refractivity contribution in [2.45, 2.75) is 45.4 Å². The fraction of sp³-hybridized carbons (Fsp3) is 0.571. The number of benzene rings is 1. The summed E-state index contributed by atoms with van der Waals surface area (Å²) in [6.45, 7) is 5.08. The van der Waals surface area contributed by atoms with Crippen LogP contribution in [-0.2, 0) is 11.3 Å². The third-order valence-electron chi connectivity index (χ3n) is 4.21. The smallest absolute Gasteiger partial charge is 0.0731 e. The summed E-state index contributed by atoms with van der Waals surface area (Å²) in [5.41, 5.74) is 7.42. The zero-order valence-corrected chi connectivity index (χ0v) is 12.0. The van der Waals surface area contributed by atoms with Crippen LogP contribution < -0.4 is 5.73 Å². The minimum Gasteiger partial charge on any atom is -0.373 e. The van der Waals surface area contributed by atoms with E-state index in [2.05, 4.69) is 35.8 Å². The van der Waals surface area contributed by atoms with Crippen LogP contribution >= 0.6 is 15.9 Å². The zero-order valence-electron chi connectivity index (χ0n) is 10.4. The number of rotatable bonds is 4. The van der Waals surface area contributed by atoms with E-state index in [0.29, 0.717) is 12.7 Å². The fourth-order valence-electron chi connectivity index (χ4n) is 2.40. The molecule has 1 aliphatic carbocycles. The zero-order chi connectivity index (χ0) is 12.5. The molecule has 17 heavy (non-hydrogen) atoms. The van der Waals surface area contributed by atoms with Gasteiger partial charge in [-0.05, 0) is 24.5 Å². The van der Waals surface area contributed by atoms with Gasteiger partial charge >= 0.3 is 0 Å². The van der Waals surface area contributed by atoms with Gasteiger partial charge in [0.2, 0.25) is 0 Å². The standard InChI is InChI=1S/C14H20BrNO/c1-3-14(2)12(16)8-13(14)17-9-10-6-4-5-7-11(10)15/h4-7,12-13H,3,8-9,16H2,1-2H3. The van der Waals surface area contributed by atoms with Crippen LogP contribution in [0.4, 0.5) is 0 Å². The molecule has 0 aliphatic heterocycles. The topological polar surface area (TPSA) is 35.2 Å². The maximum absolute atomic E-state index is 6.07. The number of ether oxygens (including phenoxy) is 1. The van der Waals surface area contributed by atoms with Gasteiger partial charge < -0.3 is 10.5 Å². The lowest BCUT2D eigenvalue weighted by Gasteiger charge is -2.51. The van der Waals surface area contributed by atoms with Gasteiger partial charge in [0.05, 0.1) is 12.7 Å². The Morgan fingerprint density at radius 3 is 2.76 bits per heavy atom. The number of nitrogens with two attached hydrogens (primary N) is 1. The largest absolute Gasteiger partial charge is 0.373 e. The molecule has 2 N–H and O–H groups in total. The van der Waals surface area contributed by atoms with E-state index in [1.165, 1.54) is 5.56 Å². The Labute approximate surface area is 112 Å². The second kappa shape index (κ2) is 5.09. The summed E-state index contributed by atoms with van der Waals surface area (Å²) in [5.74, 6) is 0. The Kier molecular flexibility index (Phi) is 3.91. The van der Waals surface area contributed by atoms with Crippen molar-refractivity contribution in [3.8, 4) is 0 Å². The molecule has 1 fully saturated rings. The van der Waals surface area contributed by atoms with E-state index in [9.17, 15) is 0 Å². The third-order valence-corrected chi connectivity index (χ3v) is 4.98. The molecule has 1 aromatic carbocycles. The molecule has 3 atom stereocenters. The first-order chi connectivity index (χ1) is 8.08. The van der Waals surface area contributed by atoms with E-state index in [0.717, 1.165) is 17.3 Å². The molecule has 1 saturated carbocycles. The van der Waals surface area contributed by atoms with Gasteiger partial charge in [0.25, 0.3) is 0 Å². The summed E-state index contributed by atoms with van der Waals surface area (Å²) in [4.78, 5) is 0. The minimum absolute atomic E-state index is 0.154. The van der Waals surface area contributed by atoms with E-state index in [1.807, 2.05) is 18.2 Å². The fourth-order valence-corrected chi connectivity index (χ4v) is 2.80. The summed E-state index contributed by atoms with van der Waals surface area (Å²) >= 11 is 3.54. The Balaban J connectivity index is 1.94. The average molecular weight is 298 g/mol. The Bertz CT molecular complexity index is 396. The van der Waals surface area contributed by atoms with Gasteiger partial charge in [0.15, 0.2) is 0 Å². The molecule has 0 aromatic heterocycles. The van der Waals surface area contributed by atoms with Crippen LogP contribution in [0.1, 0.15) is 32.3 Å². The van der Waals surface area contributed by atoms with Crippen molar-refractivity contribution in [2.75, 3.05) is 0 Å². The van der Waals surface area contributed by atoms with Crippen molar-refractivity contribution in [2.24, 2.45) is 11.1 Å². The minimum atomic E-state index is 0.154. The third kappa shape index (κ3) is 2.42. The molecule has 94 valence electrons. The van der Waals surface area contributed by atoms with Gasteiger partial charge in [-0.3, -0.25) is 0 Å². The molecule has 1 aromatic rings. The second-order valence-corrected chi connectivity index (χ2v) is 5.95. The molecule has 2 rings (SSSR count). The highest BCUT2D eigenvalue weighted by Crippen LogP contribution is 2.45. The molecule has 0 heterocycles. The summed E-state index contributed by atoms with van der Waals surface area (Å²) in [5, 5.41) is 0. The van der Waals surface area contributed by atoms with Gasteiger partial charge in [-0.15, -0.1) is 0 Å². The van der Waals surface area contributed by atoms with Crippen LogP contribution in [0.15, 0.2) is 28.7 Å². The van der Waals surface area contributed by atoms with Gasteiger partial charge in [0.1, 0.15) is 0 Å². The summed E-state index contributed by atoms with van der Waals surface area (Å²) in [6, 6.07) is 8.48. The van der Waals surface area contributed by atoms with Crippen LogP contribution in [-0.4, -0.2) is 12.1 Å². The van der Waals surface area contributed by atoms with Gasteiger partial charge in [0, 0.05) is 15.9 Å². The SMILES string of the molecule is CCC1(C)C(N)CC1OCc1ccccc1Br. The maximum Gasteiger partial charge on any atom is 0.0731 e. The highest BCUT2D eigenvalue weighted by atomic mass is 79.9. The predicted molar refractivity (Wildman–Crippen MR) is 73.7 cm³/mol. The molecule has 1 aliphatic rings. The summed E-state index contributed by atoms with van der Waals surface area (Å²) in [6.07, 6.45) is 2.36. The van der Waals surface area contributed by atoms with Crippen LogP contribution in [0.3, 0.4) is 0 Å². The van der Waals surface area contributed by atoms with Crippen molar-refractivity contribution in [1.29, 1.82) is 0 Å². The molecule has 0 amide bonds. The number of hydrogen-bond donors (Lipinski definition) is 1. The lowest BCUT2D eigenvalue weighted by molar-refractivity contribution is -0.126. The average Bonchev–Trinajstić information content (AvgIpc) is 2.35. The van der Waals surface area contributed by atoms with Crippen LogP contribution in [0.2, 0.25) is 0 Å². The lowest BCUT2D eigenvalue weighted by atomic mass is 9.62. The quantitative estimate of drug-likeness (QED) is 0.923. The van der Waals surface area contributed by atoms with E-state index in [4.69, 9.17) is 10.5 Å². The first-order valence-electron chi connectivity index (χ1n) is 6.18. The van der Waals surface area contributed by atoms with Gasteiger partial charge in [-0.25, -0.2) is 0 Å². The van der Waals surface area contributed by atoms with Crippen molar-refractivity contribution >= 4 is 15.9 Å². The van der Waals surface area contributed by atoms with Crippen LogP contribution in [0.5, 0.6) is 0 Å². The van der Waals surface area contributed by atoms with Crippen molar-refractivity contribution < 1.29 is 4.74 Å². The first-order valence-corrected chi connectivity index (χ1v) is 6.98. The van der Waals surface area contributed by atoms with Crippen molar-refractivity contribution in [1.82, 2.24) is 0 Å². The number of hydrogen-bond acceptors (Lipinski definition) is 2. The predicted octanol–water partition coefficient (Wildman–Crippen LogP) is 3.48. The molecule has 0 spiro atoms. The lowest BCUT2D eigenvalue weighted by Crippen LogP contribution is -2.60. The molecule has 0 radical (unpaired) electrons. The first kappa shape index (κ1) is 13.1. The molecule has 3 heteroatoms. The van der Waals surface area contributed by atoms with Gasteiger partial charge in [-0.1, -0.05) is 48.0 Å². The maximum atomic E-state index is 6.07. The van der Waals surface area contributed by atoms with Crippen molar-refractivity contribution in [3.05, 3.63) is 34.3 Å². The molecule has 0 saturated heterocycles. The molecule has 3 unspecified atom stereocenters. The number of halogens is 1. The molecular weight excluding hydrogens is 278 g/mol. The monoisotopic (exact) mass is 297 g/mol. The normalized spacial score (nSPS) is 32.2. The Morgan fingerprint density at radius 1 is 1.47 bits per heavy atom. The van der Waals surface area contributed by atoms with Crippen LogP contribution in [0.25, 0.3) is 0 Å². The Hall–Kier alpha value is -0.380. The van der Waals surface area contributed by atoms with E-state index in [-0.39, 0.29) is 11.5 Å². The summed E-state index contributed by atoms with van der Waals surface area (Å²) in [7, 11) is 0. The van der Waals surface area contributed by atoms with Crippen molar-refractivity contribution in [3.63, 3.8) is 0 Å². The molecule has 2 nitrogen and oxygen atoms in total. The molecule has 0 bridgehead atoms. The summed E-state index contributed by atoms with van der Waals surface area (Å²) < 4.78 is 7.12. The second-order valence-electron chi connectivity index (χ2n) is 5.09. The van der Waals surface area contributed by atoms with E-state index in [1.54, 1.807) is 0 Å². The highest BCUT2D eigenvalue weighted by Gasteiger charge is 2.49. The van der Waals surface area contributed by atoms with Gasteiger partial charge in [-0.2, -0.15) is 0 Å². The van der Waals surface area contributed by atoms with E-state index >= 15 is 0 Å². The van der Waals surface area contributed by atoms with Crippen LogP contribution in [0, 0.1) is 5.41 Å². The van der Waals surface area contributed by atoms with E-state index < -0.39 is 0 Å². The molecular formula is C14H20BrNO. The Morgan fingerprint density at radius 2 is 2.18 bits per heavy atom. The highest BCUT2D eigenvalue weighted by molar-refractivity contribution is 9.10.